The Morgan fingerprint density at radius 2 is 1.77 bits per heavy atom. The summed E-state index contributed by atoms with van der Waals surface area (Å²) >= 11 is 13.2. The molecule has 0 aliphatic carbocycles. The molecule has 0 aliphatic heterocycles. The van der Waals surface area contributed by atoms with Crippen LogP contribution >= 0.6 is 23.2 Å². The molecule has 4 aromatic rings. The second-order valence-electron chi connectivity index (χ2n) is 9.72. The number of fused-ring (bicyclic) bond motifs is 1. The number of pyridine rings is 1. The number of nitrogens with one attached hydrogen (secondary N) is 3. The number of carbonyl (C=O) groups is 3. The van der Waals surface area contributed by atoms with Gasteiger partial charge in [0, 0.05) is 53.1 Å². The van der Waals surface area contributed by atoms with Crippen LogP contribution in [-0.2, 0) is 16.1 Å². The second-order valence-corrected chi connectivity index (χ2v) is 10.5. The molecule has 1 heterocycles. The topological polar surface area (TPSA) is 122 Å². The summed E-state index contributed by atoms with van der Waals surface area (Å²) in [6.07, 6.45) is 0. The zero-order valence-electron chi connectivity index (χ0n) is 24.6. The number of hydrogen-bond donors (Lipinski definition) is 3. The summed E-state index contributed by atoms with van der Waals surface area (Å²) in [5.41, 5.74) is 3.25. The van der Waals surface area contributed by atoms with E-state index in [0.717, 1.165) is 16.6 Å². The molecule has 12 heteroatoms. The van der Waals surface area contributed by atoms with Crippen molar-refractivity contribution in [1.82, 2.24) is 15.6 Å². The minimum atomic E-state index is -0.615. The number of urea groups is 1. The molecule has 4 amide bonds. The van der Waals surface area contributed by atoms with Crippen molar-refractivity contribution in [3.05, 3.63) is 93.6 Å². The number of likely N-dealkylation sites (N-methyl/N-ethyl adjacent to an activating group) is 1. The number of carbonyl (C=O) groups excluding carboxylic acids is 3. The van der Waals surface area contributed by atoms with Gasteiger partial charge >= 0.3 is 6.03 Å². The first-order chi connectivity index (χ1) is 21.2. The summed E-state index contributed by atoms with van der Waals surface area (Å²) in [5, 5.41) is 9.48. The van der Waals surface area contributed by atoms with Crippen LogP contribution in [0.25, 0.3) is 10.9 Å². The lowest BCUT2D eigenvalue weighted by molar-refractivity contribution is -0.117. The van der Waals surface area contributed by atoms with Gasteiger partial charge in [0.2, 0.25) is 5.91 Å². The van der Waals surface area contributed by atoms with E-state index in [4.69, 9.17) is 32.7 Å². The van der Waals surface area contributed by atoms with Crippen LogP contribution in [0.2, 0.25) is 10.0 Å². The van der Waals surface area contributed by atoms with Gasteiger partial charge in [-0.15, -0.1) is 0 Å². The number of para-hydroxylation sites is 1. The van der Waals surface area contributed by atoms with Crippen LogP contribution < -0.4 is 25.6 Å². The highest BCUT2D eigenvalue weighted by molar-refractivity contribution is 6.38. The molecule has 3 aromatic carbocycles. The molecular formula is C32H33Cl2N5O5. The SMILES string of the molecule is CCOCCNC(=O)c1cccc(NC(=O)NCC(=O)N(C)c2ccc(Cl)c(COc3cccc4ccc(C)nc34)c2Cl)c1. The van der Waals surface area contributed by atoms with Crippen molar-refractivity contribution in [2.45, 2.75) is 20.5 Å². The van der Waals surface area contributed by atoms with E-state index in [1.54, 1.807) is 37.4 Å². The molecule has 0 saturated heterocycles. The Hall–Kier alpha value is -4.38. The van der Waals surface area contributed by atoms with Crippen LogP contribution in [0.4, 0.5) is 16.2 Å². The number of hydrogen-bond acceptors (Lipinski definition) is 6. The van der Waals surface area contributed by atoms with Gasteiger partial charge in [0.15, 0.2) is 0 Å². The number of amides is 4. The van der Waals surface area contributed by atoms with Crippen molar-refractivity contribution in [1.29, 1.82) is 0 Å². The lowest BCUT2D eigenvalue weighted by Gasteiger charge is -2.21. The van der Waals surface area contributed by atoms with Gasteiger partial charge in [-0.05, 0) is 56.3 Å². The maximum Gasteiger partial charge on any atom is 0.319 e. The minimum Gasteiger partial charge on any atom is -0.487 e. The lowest BCUT2D eigenvalue weighted by Crippen LogP contribution is -2.40. The second kappa shape index (κ2) is 15.4. The molecule has 0 saturated carbocycles. The smallest absolute Gasteiger partial charge is 0.319 e. The minimum absolute atomic E-state index is 0.0481. The van der Waals surface area contributed by atoms with Gasteiger partial charge in [-0.3, -0.25) is 9.59 Å². The molecule has 0 spiro atoms. The van der Waals surface area contributed by atoms with Crippen molar-refractivity contribution in [2.24, 2.45) is 0 Å². The van der Waals surface area contributed by atoms with E-state index in [0.29, 0.717) is 53.0 Å². The van der Waals surface area contributed by atoms with Gasteiger partial charge in [-0.1, -0.05) is 47.5 Å². The molecule has 44 heavy (non-hydrogen) atoms. The highest BCUT2D eigenvalue weighted by Crippen LogP contribution is 2.35. The monoisotopic (exact) mass is 637 g/mol. The zero-order valence-corrected chi connectivity index (χ0v) is 26.1. The van der Waals surface area contributed by atoms with Gasteiger partial charge < -0.3 is 30.3 Å². The quantitative estimate of drug-likeness (QED) is 0.164. The number of anilines is 2. The summed E-state index contributed by atoms with van der Waals surface area (Å²) in [6.45, 7) is 4.86. The number of rotatable bonds is 12. The zero-order chi connectivity index (χ0) is 31.6. The predicted molar refractivity (Wildman–Crippen MR) is 173 cm³/mol. The van der Waals surface area contributed by atoms with Crippen LogP contribution in [0.1, 0.15) is 28.5 Å². The predicted octanol–water partition coefficient (Wildman–Crippen LogP) is 5.98. The van der Waals surface area contributed by atoms with Crippen molar-refractivity contribution < 1.29 is 23.9 Å². The fourth-order valence-electron chi connectivity index (χ4n) is 4.27. The molecule has 0 bridgehead atoms. The maximum absolute atomic E-state index is 13.0. The molecule has 1 aromatic heterocycles. The van der Waals surface area contributed by atoms with E-state index < -0.39 is 11.9 Å². The molecule has 0 radical (unpaired) electrons. The van der Waals surface area contributed by atoms with Crippen molar-refractivity contribution >= 4 is 63.3 Å². The van der Waals surface area contributed by atoms with Crippen LogP contribution in [0.15, 0.2) is 66.7 Å². The molecule has 0 atom stereocenters. The molecular weight excluding hydrogens is 605 g/mol. The molecule has 0 unspecified atom stereocenters. The molecule has 0 aliphatic rings. The van der Waals surface area contributed by atoms with Gasteiger partial charge in [0.1, 0.15) is 17.9 Å². The molecule has 0 fully saturated rings. The van der Waals surface area contributed by atoms with Crippen molar-refractivity contribution in [2.75, 3.05) is 43.6 Å². The Balaban J connectivity index is 1.35. The van der Waals surface area contributed by atoms with Crippen LogP contribution in [0, 0.1) is 6.92 Å². The van der Waals surface area contributed by atoms with Crippen molar-refractivity contribution in [3.8, 4) is 5.75 Å². The Kier molecular flexibility index (Phi) is 11.4. The number of aryl methyl sites for hydroxylation is 1. The maximum atomic E-state index is 13.0. The van der Waals surface area contributed by atoms with Crippen molar-refractivity contribution in [3.63, 3.8) is 0 Å². The third kappa shape index (κ3) is 8.37. The van der Waals surface area contributed by atoms with Gasteiger partial charge in [0.25, 0.3) is 5.91 Å². The summed E-state index contributed by atoms with van der Waals surface area (Å²) in [6, 6.07) is 18.7. The molecule has 4 rings (SSSR count). The summed E-state index contributed by atoms with van der Waals surface area (Å²) < 4.78 is 11.3. The van der Waals surface area contributed by atoms with E-state index in [9.17, 15) is 14.4 Å². The third-order valence-electron chi connectivity index (χ3n) is 6.61. The Bertz CT molecular complexity index is 1670. The summed E-state index contributed by atoms with van der Waals surface area (Å²) in [5.74, 6) is -0.137. The van der Waals surface area contributed by atoms with E-state index in [1.807, 2.05) is 44.2 Å². The summed E-state index contributed by atoms with van der Waals surface area (Å²) in [7, 11) is 1.55. The fraction of sp³-hybridized carbons (Fsp3) is 0.250. The Labute approximate surface area is 265 Å². The summed E-state index contributed by atoms with van der Waals surface area (Å²) in [4.78, 5) is 43.8. The standard InChI is InChI=1S/C32H33Cl2N5O5/c1-4-43-16-15-35-31(41)22-8-5-9-23(17-22)38-32(42)36-18-28(40)39(3)26-14-13-25(33)24(29(26)34)19-44-27-10-6-7-21-12-11-20(2)37-30(21)27/h5-14,17H,4,15-16,18-19H2,1-3H3,(H,35,41)(H2,36,38,42). The fourth-order valence-corrected chi connectivity index (χ4v) is 4.87. The van der Waals surface area contributed by atoms with Gasteiger partial charge in [0.05, 0.1) is 23.9 Å². The lowest BCUT2D eigenvalue weighted by atomic mass is 10.1. The number of benzene rings is 3. The Morgan fingerprint density at radius 3 is 2.57 bits per heavy atom. The number of nitrogens with zero attached hydrogens (tertiary/aromatic N) is 2. The third-order valence-corrected chi connectivity index (χ3v) is 7.39. The average molecular weight is 639 g/mol. The highest BCUT2D eigenvalue weighted by atomic mass is 35.5. The normalized spacial score (nSPS) is 10.8. The number of ether oxygens (including phenoxy) is 2. The molecule has 3 N–H and O–H groups in total. The van der Waals surface area contributed by atoms with Gasteiger partial charge in [-0.25, -0.2) is 9.78 Å². The highest BCUT2D eigenvalue weighted by Gasteiger charge is 2.20. The van der Waals surface area contributed by atoms with Gasteiger partial charge in [-0.2, -0.15) is 0 Å². The van der Waals surface area contributed by atoms with E-state index in [1.165, 1.54) is 11.0 Å². The largest absolute Gasteiger partial charge is 0.487 e. The first-order valence-corrected chi connectivity index (χ1v) is 14.7. The molecule has 230 valence electrons. The van der Waals surface area contributed by atoms with Crippen LogP contribution in [0.5, 0.6) is 5.75 Å². The number of halogens is 2. The van der Waals surface area contributed by atoms with E-state index in [-0.39, 0.29) is 24.1 Å². The first kappa shape index (κ1) is 32.5. The molecule has 10 nitrogen and oxygen atoms in total. The Morgan fingerprint density at radius 1 is 0.977 bits per heavy atom. The average Bonchev–Trinajstić information content (AvgIpc) is 3.01. The first-order valence-electron chi connectivity index (χ1n) is 13.9. The van der Waals surface area contributed by atoms with Crippen LogP contribution in [0.3, 0.4) is 0 Å². The van der Waals surface area contributed by atoms with E-state index in [2.05, 4.69) is 20.9 Å². The van der Waals surface area contributed by atoms with E-state index >= 15 is 0 Å². The number of aromatic nitrogens is 1. The van der Waals surface area contributed by atoms with Crippen LogP contribution in [-0.4, -0.2) is 56.2 Å².